The fourth-order valence-corrected chi connectivity index (χ4v) is 1.85. The molecule has 0 amide bonds. The minimum Gasteiger partial charge on any atom is -0.397 e. The lowest BCUT2D eigenvalue weighted by atomic mass is 10.2. The Morgan fingerprint density at radius 2 is 2.31 bits per heavy atom. The summed E-state index contributed by atoms with van der Waals surface area (Å²) in [5.74, 6) is 0. The average molecular weight is 243 g/mol. The number of para-hydroxylation sites is 1. The topological polar surface area (TPSA) is 56.5 Å². The van der Waals surface area contributed by atoms with Gasteiger partial charge in [-0.3, -0.25) is 0 Å². The van der Waals surface area contributed by atoms with Crippen LogP contribution >= 0.6 is 11.6 Å². The highest BCUT2D eigenvalue weighted by molar-refractivity contribution is 6.33. The molecule has 1 saturated heterocycles. The van der Waals surface area contributed by atoms with E-state index in [0.29, 0.717) is 37.1 Å². The molecule has 0 aromatic heterocycles. The van der Waals surface area contributed by atoms with E-state index in [2.05, 4.69) is 5.32 Å². The summed E-state index contributed by atoms with van der Waals surface area (Å²) < 4.78 is 10.8. The molecule has 0 spiro atoms. The van der Waals surface area contributed by atoms with Crippen molar-refractivity contribution in [3.8, 4) is 0 Å². The van der Waals surface area contributed by atoms with Crippen molar-refractivity contribution >= 4 is 23.0 Å². The first-order valence-corrected chi connectivity index (χ1v) is 5.62. The van der Waals surface area contributed by atoms with Crippen molar-refractivity contribution in [3.05, 3.63) is 23.2 Å². The quantitative estimate of drug-likeness (QED) is 0.793. The Labute approximate surface area is 99.7 Å². The van der Waals surface area contributed by atoms with Crippen LogP contribution in [0.4, 0.5) is 11.4 Å². The van der Waals surface area contributed by atoms with Gasteiger partial charge >= 0.3 is 0 Å². The summed E-state index contributed by atoms with van der Waals surface area (Å²) in [6, 6.07) is 5.44. The van der Waals surface area contributed by atoms with Crippen molar-refractivity contribution in [3.63, 3.8) is 0 Å². The fourth-order valence-electron chi connectivity index (χ4n) is 1.60. The number of rotatable bonds is 3. The average Bonchev–Trinajstić information content (AvgIpc) is 2.30. The Hall–Kier alpha value is -0.970. The molecule has 88 valence electrons. The van der Waals surface area contributed by atoms with Crippen LogP contribution in [-0.4, -0.2) is 32.5 Å². The number of nitrogen functional groups attached to an aromatic ring is 1. The third-order valence-electron chi connectivity index (χ3n) is 2.44. The van der Waals surface area contributed by atoms with Crippen LogP contribution in [0, 0.1) is 0 Å². The summed E-state index contributed by atoms with van der Waals surface area (Å²) in [6.07, 6.45) is 0.0597. The lowest BCUT2D eigenvalue weighted by Gasteiger charge is -2.24. The Balaban J connectivity index is 1.93. The van der Waals surface area contributed by atoms with Crippen molar-refractivity contribution in [2.75, 3.05) is 37.4 Å². The molecule has 3 N–H and O–H groups in total. The zero-order valence-electron chi connectivity index (χ0n) is 8.91. The number of anilines is 2. The van der Waals surface area contributed by atoms with Gasteiger partial charge in [0.15, 0.2) is 0 Å². The van der Waals surface area contributed by atoms with E-state index < -0.39 is 0 Å². The molecule has 1 unspecified atom stereocenters. The van der Waals surface area contributed by atoms with E-state index in [1.807, 2.05) is 12.1 Å². The van der Waals surface area contributed by atoms with Crippen LogP contribution in [0.15, 0.2) is 18.2 Å². The summed E-state index contributed by atoms with van der Waals surface area (Å²) in [7, 11) is 0. The van der Waals surface area contributed by atoms with Gasteiger partial charge in [-0.15, -0.1) is 0 Å². The number of ether oxygens (including phenoxy) is 2. The smallest absolute Gasteiger partial charge is 0.0981 e. The highest BCUT2D eigenvalue weighted by Crippen LogP contribution is 2.27. The lowest BCUT2D eigenvalue weighted by molar-refractivity contribution is -0.0818. The normalized spacial score (nSPS) is 20.7. The van der Waals surface area contributed by atoms with Gasteiger partial charge in [0.05, 0.1) is 42.3 Å². The van der Waals surface area contributed by atoms with Gasteiger partial charge in [0.25, 0.3) is 0 Å². The lowest BCUT2D eigenvalue weighted by Crippen LogP contribution is -2.34. The standard InChI is InChI=1S/C11H15ClN2O2/c12-9-2-1-3-10(13)11(9)14-6-8-7-15-4-5-16-8/h1-3,8,14H,4-7,13H2. The molecule has 1 atom stereocenters. The van der Waals surface area contributed by atoms with E-state index in [1.54, 1.807) is 6.07 Å². The summed E-state index contributed by atoms with van der Waals surface area (Å²) in [5, 5.41) is 3.81. The number of nitrogens with one attached hydrogen (secondary N) is 1. The molecule has 1 aromatic rings. The molecule has 0 aliphatic carbocycles. The van der Waals surface area contributed by atoms with Crippen LogP contribution < -0.4 is 11.1 Å². The van der Waals surface area contributed by atoms with Crippen LogP contribution in [-0.2, 0) is 9.47 Å². The minimum absolute atomic E-state index is 0.0597. The largest absolute Gasteiger partial charge is 0.397 e. The summed E-state index contributed by atoms with van der Waals surface area (Å²) >= 11 is 6.03. The number of hydrogen-bond acceptors (Lipinski definition) is 4. The van der Waals surface area contributed by atoms with E-state index >= 15 is 0 Å². The van der Waals surface area contributed by atoms with E-state index in [1.165, 1.54) is 0 Å². The maximum atomic E-state index is 6.03. The second-order valence-corrected chi connectivity index (χ2v) is 4.06. The molecule has 0 radical (unpaired) electrons. The Bertz CT molecular complexity index is 334. The predicted octanol–water partition coefficient (Wildman–Crippen LogP) is 1.75. The molecule has 1 aliphatic rings. The molecule has 2 rings (SSSR count). The molecule has 4 nitrogen and oxygen atoms in total. The van der Waals surface area contributed by atoms with Crippen molar-refractivity contribution in [1.29, 1.82) is 0 Å². The van der Waals surface area contributed by atoms with Gasteiger partial charge in [0.1, 0.15) is 0 Å². The van der Waals surface area contributed by atoms with Crippen molar-refractivity contribution < 1.29 is 9.47 Å². The summed E-state index contributed by atoms with van der Waals surface area (Å²) in [4.78, 5) is 0. The number of benzene rings is 1. The zero-order chi connectivity index (χ0) is 11.4. The van der Waals surface area contributed by atoms with Gasteiger partial charge in [0, 0.05) is 6.54 Å². The highest BCUT2D eigenvalue weighted by atomic mass is 35.5. The molecule has 1 aliphatic heterocycles. The first-order chi connectivity index (χ1) is 7.77. The number of halogens is 1. The second-order valence-electron chi connectivity index (χ2n) is 3.65. The third-order valence-corrected chi connectivity index (χ3v) is 2.75. The maximum absolute atomic E-state index is 6.03. The predicted molar refractivity (Wildman–Crippen MR) is 64.9 cm³/mol. The molecule has 1 heterocycles. The monoisotopic (exact) mass is 242 g/mol. The highest BCUT2D eigenvalue weighted by Gasteiger charge is 2.14. The first kappa shape index (κ1) is 11.5. The van der Waals surface area contributed by atoms with Gasteiger partial charge in [-0.2, -0.15) is 0 Å². The molecule has 1 fully saturated rings. The van der Waals surface area contributed by atoms with Crippen LogP contribution in [0.3, 0.4) is 0 Å². The van der Waals surface area contributed by atoms with Crippen LogP contribution in [0.1, 0.15) is 0 Å². The summed E-state index contributed by atoms with van der Waals surface area (Å²) in [6.45, 7) is 2.57. The fraction of sp³-hybridized carbons (Fsp3) is 0.455. The molecule has 5 heteroatoms. The Kier molecular flexibility index (Phi) is 3.88. The van der Waals surface area contributed by atoms with E-state index in [0.717, 1.165) is 5.69 Å². The molecular formula is C11H15ClN2O2. The SMILES string of the molecule is Nc1cccc(Cl)c1NCC1COCCO1. The van der Waals surface area contributed by atoms with Crippen LogP contribution in [0.5, 0.6) is 0 Å². The minimum atomic E-state index is 0.0597. The second kappa shape index (κ2) is 5.39. The third kappa shape index (κ3) is 2.78. The van der Waals surface area contributed by atoms with Gasteiger partial charge in [-0.05, 0) is 12.1 Å². The van der Waals surface area contributed by atoms with Crippen molar-refractivity contribution in [2.24, 2.45) is 0 Å². The number of hydrogen-bond donors (Lipinski definition) is 2. The van der Waals surface area contributed by atoms with E-state index in [-0.39, 0.29) is 6.10 Å². The van der Waals surface area contributed by atoms with Crippen molar-refractivity contribution in [2.45, 2.75) is 6.10 Å². The first-order valence-electron chi connectivity index (χ1n) is 5.24. The molecule has 16 heavy (non-hydrogen) atoms. The van der Waals surface area contributed by atoms with Crippen LogP contribution in [0.25, 0.3) is 0 Å². The molecule has 0 bridgehead atoms. The maximum Gasteiger partial charge on any atom is 0.0981 e. The summed E-state index contributed by atoms with van der Waals surface area (Å²) in [5.41, 5.74) is 7.22. The van der Waals surface area contributed by atoms with E-state index in [9.17, 15) is 0 Å². The van der Waals surface area contributed by atoms with Gasteiger partial charge in [-0.1, -0.05) is 17.7 Å². The van der Waals surface area contributed by atoms with Gasteiger partial charge in [-0.25, -0.2) is 0 Å². The van der Waals surface area contributed by atoms with E-state index in [4.69, 9.17) is 26.8 Å². The Morgan fingerprint density at radius 1 is 1.44 bits per heavy atom. The number of nitrogens with two attached hydrogens (primary N) is 1. The van der Waals surface area contributed by atoms with Gasteiger partial charge in [0.2, 0.25) is 0 Å². The van der Waals surface area contributed by atoms with Crippen LogP contribution in [0.2, 0.25) is 5.02 Å². The Morgan fingerprint density at radius 3 is 3.00 bits per heavy atom. The van der Waals surface area contributed by atoms with Crippen molar-refractivity contribution in [1.82, 2.24) is 0 Å². The van der Waals surface area contributed by atoms with Gasteiger partial charge < -0.3 is 20.5 Å². The molecule has 1 aromatic carbocycles. The molecular weight excluding hydrogens is 228 g/mol. The molecule has 0 saturated carbocycles. The zero-order valence-corrected chi connectivity index (χ0v) is 9.67.